The molecule has 1 N–H and O–H groups in total. The Kier molecular flexibility index (Phi) is 25.3. The number of nitrogens with zero attached hydrogens (tertiary/aromatic N) is 6. The van der Waals surface area contributed by atoms with Crippen LogP contribution in [-0.2, 0) is 74.8 Å². The van der Waals surface area contributed by atoms with E-state index < -0.39 is 96.4 Å². The van der Waals surface area contributed by atoms with Crippen LogP contribution < -0.4 is 9.80 Å². The van der Waals surface area contributed by atoms with Gasteiger partial charge in [-0.2, -0.15) is 0 Å². The van der Waals surface area contributed by atoms with Crippen molar-refractivity contribution >= 4 is 53.0 Å². The lowest BCUT2D eigenvalue weighted by Gasteiger charge is -2.37. The number of esters is 4. The lowest BCUT2D eigenvalue weighted by Crippen LogP contribution is -2.56. The summed E-state index contributed by atoms with van der Waals surface area (Å²) in [6, 6.07) is 10.3. The van der Waals surface area contributed by atoms with E-state index in [-0.39, 0.29) is 62.2 Å². The molecule has 0 spiro atoms. The molecule has 5 rings (SSSR count). The number of amides is 3. The Bertz CT molecular complexity index is 2370. The second-order valence-corrected chi connectivity index (χ2v) is 23.8. The summed E-state index contributed by atoms with van der Waals surface area (Å²) in [5.41, 5.74) is 3.27. The van der Waals surface area contributed by atoms with Gasteiger partial charge in [0.2, 0.25) is 0 Å². The number of benzene rings is 2. The zero-order valence-corrected chi connectivity index (χ0v) is 50.7. The molecule has 20 nitrogen and oxygen atoms in total. The highest BCUT2D eigenvalue weighted by Gasteiger charge is 2.43. The zero-order chi connectivity index (χ0) is 59.8. The Labute approximate surface area is 481 Å². The van der Waals surface area contributed by atoms with Crippen LogP contribution in [-0.4, -0.2) is 202 Å². The van der Waals surface area contributed by atoms with Crippen LogP contribution in [0.15, 0.2) is 48.5 Å². The molecule has 1 unspecified atom stereocenters. The molecule has 3 saturated heterocycles. The summed E-state index contributed by atoms with van der Waals surface area (Å²) < 4.78 is 35.6. The Morgan fingerprint density at radius 2 is 0.840 bits per heavy atom. The Morgan fingerprint density at radius 1 is 0.469 bits per heavy atom. The van der Waals surface area contributed by atoms with Gasteiger partial charge in [-0.3, -0.25) is 24.1 Å². The topological polar surface area (TPSA) is 215 Å². The number of likely N-dealkylation sites (N-methyl/N-ethyl adjacent to an activating group) is 4. The highest BCUT2D eigenvalue weighted by Crippen LogP contribution is 2.27. The lowest BCUT2D eigenvalue weighted by atomic mass is 9.99. The minimum atomic E-state index is -1.63. The summed E-state index contributed by atoms with van der Waals surface area (Å²) >= 11 is 0. The van der Waals surface area contributed by atoms with Crippen molar-refractivity contribution in [2.75, 3.05) is 90.6 Å². The van der Waals surface area contributed by atoms with E-state index in [1.165, 1.54) is 61.6 Å². The number of aliphatic hydroxyl groups is 1. The molecule has 0 aliphatic carbocycles. The molecule has 20 heteroatoms. The first kappa shape index (κ1) is 66.0. The molecule has 3 aliphatic heterocycles. The number of hydrogen-bond acceptors (Lipinski definition) is 17. The van der Waals surface area contributed by atoms with Crippen molar-refractivity contribution in [2.24, 2.45) is 23.7 Å². The first-order valence-corrected chi connectivity index (χ1v) is 29.1. The van der Waals surface area contributed by atoms with E-state index in [0.29, 0.717) is 70.2 Å². The van der Waals surface area contributed by atoms with E-state index in [0.717, 1.165) is 11.4 Å². The average Bonchev–Trinajstić information content (AvgIpc) is 3.44. The number of morpholine rings is 2. The summed E-state index contributed by atoms with van der Waals surface area (Å²) in [5, 5.41) is 12.5. The van der Waals surface area contributed by atoms with Gasteiger partial charge in [0, 0.05) is 71.5 Å². The maximum Gasteiger partial charge on any atom is 0.329 e. The molecular weight excluding hydrogens is 1040 g/mol. The molecule has 0 bridgehead atoms. The molecule has 3 amide bonds. The van der Waals surface area contributed by atoms with E-state index in [2.05, 4.69) is 9.80 Å². The van der Waals surface area contributed by atoms with Gasteiger partial charge >= 0.3 is 23.9 Å². The number of rotatable bonds is 15. The van der Waals surface area contributed by atoms with E-state index in [9.17, 15) is 33.9 Å². The van der Waals surface area contributed by atoms with E-state index in [1.54, 1.807) is 0 Å². The number of ether oxygens (including phenoxy) is 6. The van der Waals surface area contributed by atoms with Gasteiger partial charge in [-0.1, -0.05) is 79.7 Å². The number of carbonyl (C=O) groups excluding carboxylic acids is 7. The van der Waals surface area contributed by atoms with E-state index in [1.807, 2.05) is 104 Å². The normalized spacial score (nSPS) is 26.5. The molecule has 3 fully saturated rings. The van der Waals surface area contributed by atoms with Gasteiger partial charge in [-0.15, -0.1) is 0 Å². The van der Waals surface area contributed by atoms with Crippen LogP contribution in [0.5, 0.6) is 0 Å². The van der Waals surface area contributed by atoms with Crippen molar-refractivity contribution in [2.45, 2.75) is 169 Å². The Morgan fingerprint density at radius 3 is 1.26 bits per heavy atom. The standard InChI is InChI=1S/C61H94N6O14/c1-38(2)15-24-48-58(72)78-42(9)54(68)63(12)51(35-41(7)8)61(75)81-53(37-45-18-22-47(23-19-45)67-27-31-77-32-28-67)57(71)65(14)49(33-39(3)4)59(73)79-43(10)55(69)64(13)50(34-40(5)6)60(74)80-52(56(70)62(48)11)36-44-16-20-46(21-17-44)66-25-29-76-30-26-66/h16-23,38-43,48-53,57,71H,15,24-37H2,1-14H3/t42-,43-,48-,49+,50+,51+,52-,53-,57?/m1/s1. The fraction of sp³-hybridized carbons (Fsp3) is 0.689. The van der Waals surface area contributed by atoms with Crippen LogP contribution in [0, 0.1) is 23.7 Å². The van der Waals surface area contributed by atoms with Crippen LogP contribution >= 0.6 is 0 Å². The van der Waals surface area contributed by atoms with Gasteiger partial charge in [-0.25, -0.2) is 14.4 Å². The second-order valence-electron chi connectivity index (χ2n) is 23.8. The smallest absolute Gasteiger partial charge is 0.329 e. The molecule has 9 atom stereocenters. The molecular formula is C61H94N6O14. The maximum atomic E-state index is 15.1. The first-order valence-electron chi connectivity index (χ1n) is 29.1. The van der Waals surface area contributed by atoms with Crippen molar-refractivity contribution in [3.63, 3.8) is 0 Å². The second kappa shape index (κ2) is 31.0. The predicted molar refractivity (Wildman–Crippen MR) is 307 cm³/mol. The fourth-order valence-corrected chi connectivity index (χ4v) is 10.5. The summed E-state index contributed by atoms with van der Waals surface area (Å²) in [4.78, 5) is 112. The van der Waals surface area contributed by atoms with E-state index >= 15 is 4.79 Å². The molecule has 2 aromatic rings. The van der Waals surface area contributed by atoms with Crippen LogP contribution in [0.3, 0.4) is 0 Å². The van der Waals surface area contributed by atoms with Gasteiger partial charge in [-0.05, 0) is 112 Å². The van der Waals surface area contributed by atoms with Gasteiger partial charge in [0.25, 0.3) is 17.7 Å². The quantitative estimate of drug-likeness (QED) is 0.172. The van der Waals surface area contributed by atoms with Crippen molar-refractivity contribution in [3.05, 3.63) is 59.7 Å². The average molecular weight is 1140 g/mol. The summed E-state index contributed by atoms with van der Waals surface area (Å²) in [5.74, 6) is -5.99. The number of carbonyl (C=O) groups is 7. The van der Waals surface area contributed by atoms with Gasteiger partial charge in [0.1, 0.15) is 36.5 Å². The number of cyclic esters (lactones) is 4. The number of anilines is 2. The zero-order valence-electron chi connectivity index (χ0n) is 50.7. The number of hydrogen-bond donors (Lipinski definition) is 1. The number of aliphatic hydroxyl groups excluding tert-OH is 1. The highest BCUT2D eigenvalue weighted by atomic mass is 16.6. The molecule has 2 aromatic carbocycles. The lowest BCUT2D eigenvalue weighted by molar-refractivity contribution is -0.182. The van der Waals surface area contributed by atoms with Gasteiger partial charge in [0.05, 0.1) is 26.4 Å². The SMILES string of the molecule is CC(C)CC[C@@H]1C(=O)O[C@H](C)C(=O)N(C)[C@@H](CC(C)C)C(=O)O[C@H](Cc2ccc(N3CCOCC3)cc2)C(O)N(C)[C@@H](CC(C)C)C(=O)O[C@H](C)C(=O)N(C)[C@@H](CC(C)C)C(=O)O[C@H](Cc2ccc(N3CCOCC3)cc2)C(=O)N1C. The first-order chi connectivity index (χ1) is 38.3. The molecule has 452 valence electrons. The van der Waals surface area contributed by atoms with Gasteiger partial charge < -0.3 is 58.0 Å². The Balaban J connectivity index is 1.59. The summed E-state index contributed by atoms with van der Waals surface area (Å²) in [6.45, 7) is 23.2. The minimum Gasteiger partial charge on any atom is -0.456 e. The monoisotopic (exact) mass is 1130 g/mol. The van der Waals surface area contributed by atoms with Crippen molar-refractivity contribution in [1.82, 2.24) is 19.6 Å². The van der Waals surface area contributed by atoms with Crippen molar-refractivity contribution in [1.29, 1.82) is 0 Å². The molecule has 3 heterocycles. The van der Waals surface area contributed by atoms with Gasteiger partial charge in [0.15, 0.2) is 18.3 Å². The molecule has 3 aliphatic rings. The fourth-order valence-electron chi connectivity index (χ4n) is 10.5. The summed E-state index contributed by atoms with van der Waals surface area (Å²) in [6.07, 6.45) is -6.48. The predicted octanol–water partition coefficient (Wildman–Crippen LogP) is 5.52. The van der Waals surface area contributed by atoms with Crippen LogP contribution in [0.2, 0.25) is 0 Å². The molecule has 0 aromatic heterocycles. The highest BCUT2D eigenvalue weighted by molar-refractivity contribution is 5.93. The third kappa shape index (κ3) is 18.8. The maximum absolute atomic E-state index is 15.1. The Hall–Kier alpha value is -5.83. The molecule has 81 heavy (non-hydrogen) atoms. The van der Waals surface area contributed by atoms with Crippen LogP contribution in [0.25, 0.3) is 0 Å². The molecule has 0 radical (unpaired) electrons. The minimum absolute atomic E-state index is 0.0107. The third-order valence-electron chi connectivity index (χ3n) is 15.4. The third-order valence-corrected chi connectivity index (χ3v) is 15.4. The largest absolute Gasteiger partial charge is 0.456 e. The van der Waals surface area contributed by atoms with Crippen molar-refractivity contribution < 1.29 is 67.1 Å². The van der Waals surface area contributed by atoms with Crippen LogP contribution in [0.1, 0.15) is 112 Å². The molecule has 0 saturated carbocycles. The van der Waals surface area contributed by atoms with Crippen molar-refractivity contribution in [3.8, 4) is 0 Å². The summed E-state index contributed by atoms with van der Waals surface area (Å²) in [7, 11) is 5.78. The van der Waals surface area contributed by atoms with Crippen LogP contribution in [0.4, 0.5) is 11.4 Å². The van der Waals surface area contributed by atoms with E-state index in [4.69, 9.17) is 28.4 Å².